The maximum Gasteiger partial charge on any atom is 0.352 e. The summed E-state index contributed by atoms with van der Waals surface area (Å²) in [7, 11) is 0. The quantitative estimate of drug-likeness (QED) is 0.345. The Hall–Kier alpha value is -2.65. The average molecular weight is 515 g/mol. The predicted octanol–water partition coefficient (Wildman–Crippen LogP) is 5.88. The fourth-order valence-corrected chi connectivity index (χ4v) is 5.28. The summed E-state index contributed by atoms with van der Waals surface area (Å²) in [6.07, 6.45) is 2.36. The first-order valence-corrected chi connectivity index (χ1v) is 12.9. The zero-order valence-corrected chi connectivity index (χ0v) is 21.8. The van der Waals surface area contributed by atoms with Crippen LogP contribution in [0, 0.1) is 6.92 Å². The molecule has 0 amide bonds. The molecule has 7 nitrogen and oxygen atoms in total. The lowest BCUT2D eigenvalue weighted by molar-refractivity contribution is 0.0686. The van der Waals surface area contributed by atoms with Crippen molar-refractivity contribution in [2.45, 2.75) is 52.2 Å². The number of fused-ring (bicyclic) bond motifs is 1. The number of nitrogens with zero attached hydrogens (tertiary/aromatic N) is 3. The maximum absolute atomic E-state index is 11.6. The number of likely N-dealkylation sites (tertiary alicyclic amines) is 1. The minimum absolute atomic E-state index is 0.226. The molecule has 4 heterocycles. The van der Waals surface area contributed by atoms with E-state index >= 15 is 0 Å². The molecule has 0 radical (unpaired) electrons. The van der Waals surface area contributed by atoms with Crippen LogP contribution in [-0.4, -0.2) is 50.9 Å². The number of halogens is 1. The van der Waals surface area contributed by atoms with Crippen LogP contribution in [0.5, 0.6) is 0 Å². The summed E-state index contributed by atoms with van der Waals surface area (Å²) >= 11 is 7.36. The third-order valence-electron chi connectivity index (χ3n) is 6.28. The van der Waals surface area contributed by atoms with Crippen LogP contribution in [0.1, 0.15) is 48.4 Å². The third-order valence-corrected chi connectivity index (χ3v) is 7.52. The molecule has 3 aromatic heterocycles. The number of rotatable bonds is 5. The number of carboxylic acids is 1. The standard InChI is InChI=1S/C18H13ClN2O3S.C8H18N2/c1-10-2-3-13-11(6-10)7-14(18(22)23)21(13)9-12-8-15(24-20-12)16-4-5-17(19)25-16;1-7(2)10-5-3-8(9)4-6-10/h2-8H,9H2,1H3,(H,22,23);7-8H,3-6,9H2,1-2H3. The highest BCUT2D eigenvalue weighted by Crippen LogP contribution is 2.32. The number of carbonyl (C=O) groups is 1. The number of hydrogen-bond donors (Lipinski definition) is 2. The molecule has 5 rings (SSSR count). The van der Waals surface area contributed by atoms with E-state index in [9.17, 15) is 9.90 Å². The van der Waals surface area contributed by atoms with E-state index in [1.807, 2.05) is 37.3 Å². The summed E-state index contributed by atoms with van der Waals surface area (Å²) in [6.45, 7) is 9.18. The molecule has 0 atom stereocenters. The number of aromatic carboxylic acids is 1. The number of thiophene rings is 1. The highest BCUT2D eigenvalue weighted by Gasteiger charge is 2.18. The smallest absolute Gasteiger partial charge is 0.352 e. The monoisotopic (exact) mass is 514 g/mol. The van der Waals surface area contributed by atoms with Gasteiger partial charge in [0.15, 0.2) is 5.76 Å². The molecule has 9 heteroatoms. The van der Waals surface area contributed by atoms with Crippen LogP contribution in [0.2, 0.25) is 4.34 Å². The molecule has 1 fully saturated rings. The molecule has 0 saturated carbocycles. The largest absolute Gasteiger partial charge is 0.477 e. The lowest BCUT2D eigenvalue weighted by Crippen LogP contribution is -2.42. The summed E-state index contributed by atoms with van der Waals surface area (Å²) in [5.41, 5.74) is 8.59. The van der Waals surface area contributed by atoms with Crippen LogP contribution >= 0.6 is 22.9 Å². The molecule has 1 aliphatic rings. The lowest BCUT2D eigenvalue weighted by atomic mass is 10.1. The Morgan fingerprint density at radius 1 is 1.23 bits per heavy atom. The van der Waals surface area contributed by atoms with Gasteiger partial charge in [-0.3, -0.25) is 0 Å². The number of hydrogen-bond acceptors (Lipinski definition) is 6. The summed E-state index contributed by atoms with van der Waals surface area (Å²) in [6, 6.07) is 14.2. The molecule has 186 valence electrons. The number of nitrogens with two attached hydrogens (primary N) is 1. The van der Waals surface area contributed by atoms with Gasteiger partial charge in [-0.1, -0.05) is 28.4 Å². The van der Waals surface area contributed by atoms with Crippen molar-refractivity contribution < 1.29 is 14.4 Å². The second-order valence-corrected chi connectivity index (χ2v) is 11.0. The first-order valence-electron chi connectivity index (χ1n) is 11.8. The van der Waals surface area contributed by atoms with Crippen molar-refractivity contribution in [1.82, 2.24) is 14.6 Å². The van der Waals surface area contributed by atoms with Gasteiger partial charge >= 0.3 is 5.97 Å². The van der Waals surface area contributed by atoms with Crippen molar-refractivity contribution in [3.05, 3.63) is 63.8 Å². The van der Waals surface area contributed by atoms with Crippen molar-refractivity contribution in [3.8, 4) is 10.6 Å². The van der Waals surface area contributed by atoms with Gasteiger partial charge in [-0.2, -0.15) is 0 Å². The van der Waals surface area contributed by atoms with E-state index in [1.54, 1.807) is 16.7 Å². The van der Waals surface area contributed by atoms with Crippen LogP contribution in [0.15, 0.2) is 47.0 Å². The molecule has 0 unspecified atom stereocenters. The Morgan fingerprint density at radius 3 is 2.60 bits per heavy atom. The second-order valence-electron chi connectivity index (χ2n) is 9.24. The molecule has 1 aliphatic heterocycles. The molecule has 4 aromatic rings. The molecule has 1 aromatic carbocycles. The molecule has 0 spiro atoms. The van der Waals surface area contributed by atoms with Crippen molar-refractivity contribution >= 4 is 39.8 Å². The highest BCUT2D eigenvalue weighted by molar-refractivity contribution is 7.19. The highest BCUT2D eigenvalue weighted by atomic mass is 35.5. The number of benzene rings is 1. The van der Waals surface area contributed by atoms with Crippen LogP contribution in [-0.2, 0) is 6.54 Å². The normalized spacial score (nSPS) is 14.9. The average Bonchev–Trinajstić information content (AvgIpc) is 3.53. The van der Waals surface area contributed by atoms with Gasteiger partial charge in [0.25, 0.3) is 0 Å². The van der Waals surface area contributed by atoms with Crippen LogP contribution in [0.3, 0.4) is 0 Å². The first kappa shape index (κ1) is 25.4. The van der Waals surface area contributed by atoms with E-state index < -0.39 is 5.97 Å². The number of piperidine rings is 1. The Bertz CT molecular complexity index is 1300. The van der Waals surface area contributed by atoms with E-state index in [-0.39, 0.29) is 5.69 Å². The molecule has 0 bridgehead atoms. The Labute approximate surface area is 214 Å². The predicted molar refractivity (Wildman–Crippen MR) is 141 cm³/mol. The van der Waals surface area contributed by atoms with Gasteiger partial charge in [0.1, 0.15) is 11.4 Å². The van der Waals surface area contributed by atoms with E-state index in [0.717, 1.165) is 21.3 Å². The number of carboxylic acid groups (broad SMARTS) is 1. The number of aromatic nitrogens is 2. The van der Waals surface area contributed by atoms with Crippen molar-refractivity contribution in [2.75, 3.05) is 13.1 Å². The summed E-state index contributed by atoms with van der Waals surface area (Å²) in [5.74, 6) is -0.348. The van der Waals surface area contributed by atoms with Gasteiger partial charge in [0.2, 0.25) is 0 Å². The van der Waals surface area contributed by atoms with Crippen molar-refractivity contribution in [3.63, 3.8) is 0 Å². The Balaban J connectivity index is 0.000000243. The third kappa shape index (κ3) is 6.13. The SMILES string of the molecule is CC(C)N1CCC(N)CC1.Cc1ccc2c(c1)cc(C(=O)O)n2Cc1cc(-c2ccc(Cl)s2)on1. The first-order chi connectivity index (χ1) is 16.7. The van der Waals surface area contributed by atoms with E-state index in [0.29, 0.717) is 34.4 Å². The van der Waals surface area contributed by atoms with E-state index in [2.05, 4.69) is 23.9 Å². The molecule has 0 aliphatic carbocycles. The zero-order chi connectivity index (χ0) is 25.1. The van der Waals surface area contributed by atoms with Crippen LogP contribution in [0.4, 0.5) is 0 Å². The lowest BCUT2D eigenvalue weighted by Gasteiger charge is -2.32. The maximum atomic E-state index is 11.6. The van der Waals surface area contributed by atoms with Gasteiger partial charge in [0, 0.05) is 29.1 Å². The second kappa shape index (κ2) is 11.0. The van der Waals surface area contributed by atoms with Gasteiger partial charge in [-0.05, 0) is 77.0 Å². The van der Waals surface area contributed by atoms with Gasteiger partial charge in [-0.15, -0.1) is 11.3 Å². The van der Waals surface area contributed by atoms with Gasteiger partial charge < -0.3 is 24.8 Å². The molecular formula is C26H31ClN4O3S. The van der Waals surface area contributed by atoms with Crippen LogP contribution < -0.4 is 5.73 Å². The summed E-state index contributed by atoms with van der Waals surface area (Å²) in [4.78, 5) is 15.0. The van der Waals surface area contributed by atoms with Gasteiger partial charge in [-0.25, -0.2) is 4.79 Å². The molecule has 3 N–H and O–H groups in total. The van der Waals surface area contributed by atoms with Crippen molar-refractivity contribution in [2.24, 2.45) is 5.73 Å². The van der Waals surface area contributed by atoms with E-state index in [1.165, 1.54) is 37.3 Å². The van der Waals surface area contributed by atoms with Gasteiger partial charge in [0.05, 0.1) is 15.8 Å². The van der Waals surface area contributed by atoms with Crippen molar-refractivity contribution in [1.29, 1.82) is 0 Å². The number of aryl methyl sites for hydroxylation is 1. The molecule has 1 saturated heterocycles. The minimum atomic E-state index is -0.970. The van der Waals surface area contributed by atoms with Crippen LogP contribution in [0.25, 0.3) is 21.5 Å². The fraction of sp³-hybridized carbons (Fsp3) is 0.385. The topological polar surface area (TPSA) is 97.5 Å². The summed E-state index contributed by atoms with van der Waals surface area (Å²) < 4.78 is 7.80. The molecule has 35 heavy (non-hydrogen) atoms. The fourth-order valence-electron chi connectivity index (χ4n) is 4.28. The van der Waals surface area contributed by atoms with E-state index in [4.69, 9.17) is 21.9 Å². The zero-order valence-electron chi connectivity index (χ0n) is 20.2. The minimum Gasteiger partial charge on any atom is -0.477 e. The Kier molecular flexibility index (Phi) is 7.96. The molecular weight excluding hydrogens is 484 g/mol. The summed E-state index contributed by atoms with van der Waals surface area (Å²) in [5, 5.41) is 14.5. The Morgan fingerprint density at radius 2 is 1.97 bits per heavy atom.